The first-order chi connectivity index (χ1) is 15.1. The van der Waals surface area contributed by atoms with Crippen LogP contribution in [0.4, 0.5) is 0 Å². The van der Waals surface area contributed by atoms with Crippen molar-refractivity contribution < 1.29 is 9.26 Å². The number of ether oxygens (including phenoxy) is 1. The zero-order chi connectivity index (χ0) is 21.8. The van der Waals surface area contributed by atoms with E-state index in [1.54, 1.807) is 24.3 Å². The lowest BCUT2D eigenvalue weighted by Crippen LogP contribution is -2.40. The van der Waals surface area contributed by atoms with Gasteiger partial charge in [-0.15, -0.1) is 0 Å². The van der Waals surface area contributed by atoms with Crippen LogP contribution in [-0.2, 0) is 13.1 Å². The van der Waals surface area contributed by atoms with E-state index in [-0.39, 0.29) is 23.7 Å². The zero-order valence-electron chi connectivity index (χ0n) is 17.6. The Morgan fingerprint density at radius 2 is 1.87 bits per heavy atom. The molecule has 0 saturated carbocycles. The maximum Gasteiger partial charge on any atom is 0.331 e. The second kappa shape index (κ2) is 8.99. The van der Waals surface area contributed by atoms with E-state index in [9.17, 15) is 9.59 Å². The van der Waals surface area contributed by atoms with Crippen LogP contribution in [-0.4, -0.2) is 25.9 Å². The van der Waals surface area contributed by atoms with Gasteiger partial charge in [-0.25, -0.2) is 4.79 Å². The summed E-state index contributed by atoms with van der Waals surface area (Å²) in [6.07, 6.45) is 1.63. The van der Waals surface area contributed by atoms with Crippen molar-refractivity contribution in [3.63, 3.8) is 0 Å². The Balaban J connectivity index is 1.73. The molecular formula is C23H24N4O4. The summed E-state index contributed by atoms with van der Waals surface area (Å²) in [6.45, 7) is 4.94. The van der Waals surface area contributed by atoms with Crippen molar-refractivity contribution in [2.24, 2.45) is 0 Å². The summed E-state index contributed by atoms with van der Waals surface area (Å²) in [4.78, 5) is 30.4. The van der Waals surface area contributed by atoms with Crippen molar-refractivity contribution in [3.05, 3.63) is 75.3 Å². The molecule has 160 valence electrons. The first kappa shape index (κ1) is 20.6. The summed E-state index contributed by atoms with van der Waals surface area (Å²) in [6, 6.07) is 14.5. The van der Waals surface area contributed by atoms with Crippen LogP contribution in [0.5, 0.6) is 5.75 Å². The van der Waals surface area contributed by atoms with E-state index in [4.69, 9.17) is 9.26 Å². The van der Waals surface area contributed by atoms with Gasteiger partial charge in [-0.3, -0.25) is 13.9 Å². The van der Waals surface area contributed by atoms with Crippen LogP contribution in [0, 0.1) is 0 Å². The summed E-state index contributed by atoms with van der Waals surface area (Å²) in [7, 11) is 0. The number of fused-ring (bicyclic) bond motifs is 1. The number of para-hydroxylation sites is 1. The van der Waals surface area contributed by atoms with Gasteiger partial charge in [0.05, 0.1) is 17.5 Å². The van der Waals surface area contributed by atoms with E-state index in [1.165, 1.54) is 9.13 Å². The lowest BCUT2D eigenvalue weighted by molar-refractivity contribution is 0.340. The van der Waals surface area contributed by atoms with Crippen LogP contribution in [0.25, 0.3) is 22.3 Å². The van der Waals surface area contributed by atoms with Gasteiger partial charge in [-0.05, 0) is 37.6 Å². The molecule has 0 atom stereocenters. The third kappa shape index (κ3) is 4.14. The fourth-order valence-electron chi connectivity index (χ4n) is 3.50. The standard InChI is InChI=1S/C23H24N4O4/c1-3-5-13-26-22(28)18-11-6-7-12-19(18)27(23(26)29)15-20-24-21(25-31-20)16-9-8-10-17(14-16)30-4-2/h6-12,14H,3-5,13,15H2,1-2H3. The van der Waals surface area contributed by atoms with Crippen LogP contribution >= 0.6 is 0 Å². The maximum atomic E-state index is 13.1. The minimum Gasteiger partial charge on any atom is -0.494 e. The number of rotatable bonds is 8. The molecule has 0 aliphatic heterocycles. The predicted molar refractivity (Wildman–Crippen MR) is 117 cm³/mol. The average molecular weight is 420 g/mol. The SMILES string of the molecule is CCCCn1c(=O)c2ccccc2n(Cc2nc(-c3cccc(OCC)c3)no2)c1=O. The number of benzene rings is 2. The van der Waals surface area contributed by atoms with Crippen LogP contribution in [0.15, 0.2) is 62.6 Å². The smallest absolute Gasteiger partial charge is 0.331 e. The summed E-state index contributed by atoms with van der Waals surface area (Å²) < 4.78 is 13.8. The fourth-order valence-corrected chi connectivity index (χ4v) is 3.50. The molecule has 8 heteroatoms. The van der Waals surface area contributed by atoms with E-state index >= 15 is 0 Å². The normalized spacial score (nSPS) is 11.2. The van der Waals surface area contributed by atoms with Crippen LogP contribution < -0.4 is 16.0 Å². The van der Waals surface area contributed by atoms with Crippen LogP contribution in [0.3, 0.4) is 0 Å². The third-order valence-electron chi connectivity index (χ3n) is 5.03. The van der Waals surface area contributed by atoms with Crippen molar-refractivity contribution in [3.8, 4) is 17.1 Å². The average Bonchev–Trinajstić information content (AvgIpc) is 3.26. The second-order valence-corrected chi connectivity index (χ2v) is 7.17. The Morgan fingerprint density at radius 3 is 2.68 bits per heavy atom. The Morgan fingerprint density at radius 1 is 1.03 bits per heavy atom. The molecule has 0 bridgehead atoms. The van der Waals surface area contributed by atoms with E-state index in [0.717, 1.165) is 24.2 Å². The lowest BCUT2D eigenvalue weighted by Gasteiger charge is -2.12. The largest absolute Gasteiger partial charge is 0.494 e. The van der Waals surface area contributed by atoms with Crippen molar-refractivity contribution in [1.29, 1.82) is 0 Å². The minimum absolute atomic E-state index is 0.0733. The highest BCUT2D eigenvalue weighted by molar-refractivity contribution is 5.77. The van der Waals surface area contributed by atoms with Gasteiger partial charge in [0, 0.05) is 12.1 Å². The van der Waals surface area contributed by atoms with Gasteiger partial charge in [-0.2, -0.15) is 4.98 Å². The predicted octanol–water partition coefficient (Wildman–Crippen LogP) is 3.46. The molecule has 0 spiro atoms. The number of unbranched alkanes of at least 4 members (excludes halogenated alkanes) is 1. The maximum absolute atomic E-state index is 13.1. The van der Waals surface area contributed by atoms with Crippen molar-refractivity contribution in [2.45, 2.75) is 39.8 Å². The number of hydrogen-bond acceptors (Lipinski definition) is 6. The van der Waals surface area contributed by atoms with Gasteiger partial charge in [0.15, 0.2) is 0 Å². The molecule has 0 amide bonds. The van der Waals surface area contributed by atoms with E-state index in [2.05, 4.69) is 10.1 Å². The molecule has 2 aromatic carbocycles. The second-order valence-electron chi connectivity index (χ2n) is 7.17. The summed E-state index contributed by atoms with van der Waals surface area (Å²) in [5.41, 5.74) is 0.647. The number of aromatic nitrogens is 4. The highest BCUT2D eigenvalue weighted by Gasteiger charge is 2.16. The molecule has 0 aliphatic carbocycles. The van der Waals surface area contributed by atoms with Crippen molar-refractivity contribution in [2.75, 3.05) is 6.61 Å². The minimum atomic E-state index is -0.379. The Hall–Kier alpha value is -3.68. The van der Waals surface area contributed by atoms with Gasteiger partial charge < -0.3 is 9.26 Å². The van der Waals surface area contributed by atoms with E-state index < -0.39 is 0 Å². The monoisotopic (exact) mass is 420 g/mol. The summed E-state index contributed by atoms with van der Waals surface area (Å²) in [5.74, 6) is 1.41. The van der Waals surface area contributed by atoms with Crippen LogP contribution in [0.1, 0.15) is 32.6 Å². The van der Waals surface area contributed by atoms with E-state index in [0.29, 0.717) is 29.9 Å². The van der Waals surface area contributed by atoms with Gasteiger partial charge in [0.2, 0.25) is 11.7 Å². The van der Waals surface area contributed by atoms with Crippen molar-refractivity contribution in [1.82, 2.24) is 19.3 Å². The molecule has 2 aromatic heterocycles. The Kier molecular flexibility index (Phi) is 5.97. The fraction of sp³-hybridized carbons (Fsp3) is 0.304. The Bertz CT molecular complexity index is 1320. The molecule has 31 heavy (non-hydrogen) atoms. The molecule has 0 fully saturated rings. The third-order valence-corrected chi connectivity index (χ3v) is 5.03. The topological polar surface area (TPSA) is 92.2 Å². The molecule has 8 nitrogen and oxygen atoms in total. The van der Waals surface area contributed by atoms with E-state index in [1.807, 2.05) is 38.1 Å². The first-order valence-electron chi connectivity index (χ1n) is 10.4. The first-order valence-corrected chi connectivity index (χ1v) is 10.4. The molecule has 0 aliphatic rings. The highest BCUT2D eigenvalue weighted by Crippen LogP contribution is 2.22. The van der Waals surface area contributed by atoms with Gasteiger partial charge in [-0.1, -0.05) is 42.8 Å². The molecule has 2 heterocycles. The van der Waals surface area contributed by atoms with Crippen molar-refractivity contribution >= 4 is 10.9 Å². The zero-order valence-corrected chi connectivity index (χ0v) is 17.6. The van der Waals surface area contributed by atoms with Gasteiger partial charge in [0.1, 0.15) is 12.3 Å². The quantitative estimate of drug-likeness (QED) is 0.433. The lowest BCUT2D eigenvalue weighted by atomic mass is 10.2. The molecule has 0 saturated heterocycles. The summed E-state index contributed by atoms with van der Waals surface area (Å²) >= 11 is 0. The molecule has 0 radical (unpaired) electrons. The molecule has 0 unspecified atom stereocenters. The molecule has 4 aromatic rings. The molecule has 0 N–H and O–H groups in total. The number of hydrogen-bond donors (Lipinski definition) is 0. The van der Waals surface area contributed by atoms with Crippen LogP contribution in [0.2, 0.25) is 0 Å². The van der Waals surface area contributed by atoms with Gasteiger partial charge in [0.25, 0.3) is 5.56 Å². The van der Waals surface area contributed by atoms with Gasteiger partial charge >= 0.3 is 5.69 Å². The Labute approximate surface area is 178 Å². The molecular weight excluding hydrogens is 396 g/mol. The molecule has 4 rings (SSSR count). The number of nitrogens with zero attached hydrogens (tertiary/aromatic N) is 4. The highest BCUT2D eigenvalue weighted by atomic mass is 16.5. The summed E-state index contributed by atoms with van der Waals surface area (Å²) in [5, 5.41) is 4.55.